The van der Waals surface area contributed by atoms with Gasteiger partial charge in [-0.15, -0.1) is 0 Å². The minimum atomic E-state index is 0.159. The van der Waals surface area contributed by atoms with Crippen LogP contribution in [0.5, 0.6) is 23.0 Å². The van der Waals surface area contributed by atoms with E-state index in [4.69, 9.17) is 14.2 Å². The molecular formula is C32H32O4. The maximum Gasteiger partial charge on any atom is 0.169 e. The molecule has 1 saturated carbocycles. The van der Waals surface area contributed by atoms with Gasteiger partial charge in [0.15, 0.2) is 23.0 Å². The zero-order valence-corrected chi connectivity index (χ0v) is 21.1. The van der Waals surface area contributed by atoms with Crippen LogP contribution in [0.4, 0.5) is 0 Å². The minimum absolute atomic E-state index is 0.159. The van der Waals surface area contributed by atoms with Crippen molar-refractivity contribution in [3.63, 3.8) is 0 Å². The molecule has 0 saturated heterocycles. The molecule has 1 fully saturated rings. The Bertz CT molecular complexity index is 1340. The van der Waals surface area contributed by atoms with E-state index in [0.717, 1.165) is 33.4 Å². The van der Waals surface area contributed by atoms with Crippen molar-refractivity contribution in [3.8, 4) is 45.3 Å². The number of aryl methyl sites for hydroxylation is 2. The summed E-state index contributed by atoms with van der Waals surface area (Å²) in [7, 11) is 1.63. The maximum atomic E-state index is 11.5. The number of rotatable bonds is 9. The van der Waals surface area contributed by atoms with Crippen molar-refractivity contribution in [2.45, 2.75) is 33.3 Å². The van der Waals surface area contributed by atoms with E-state index in [2.05, 4.69) is 37.3 Å². The van der Waals surface area contributed by atoms with E-state index in [0.29, 0.717) is 36.4 Å². The molecule has 0 radical (unpaired) electrons. The van der Waals surface area contributed by atoms with Crippen LogP contribution in [0.15, 0.2) is 78.9 Å². The molecule has 0 heterocycles. The van der Waals surface area contributed by atoms with Crippen molar-refractivity contribution in [2.75, 3.05) is 13.7 Å². The van der Waals surface area contributed by atoms with Gasteiger partial charge in [-0.2, -0.15) is 0 Å². The molecule has 1 N–H and O–H groups in total. The van der Waals surface area contributed by atoms with Gasteiger partial charge in [-0.1, -0.05) is 66.2 Å². The summed E-state index contributed by atoms with van der Waals surface area (Å²) in [6.45, 7) is 5.15. The molecule has 184 valence electrons. The van der Waals surface area contributed by atoms with Crippen LogP contribution in [0.3, 0.4) is 0 Å². The molecule has 0 atom stereocenters. The molecular weight excluding hydrogens is 448 g/mol. The number of ether oxygens (including phenoxy) is 3. The van der Waals surface area contributed by atoms with E-state index in [1.54, 1.807) is 7.11 Å². The summed E-state index contributed by atoms with van der Waals surface area (Å²) in [5.41, 5.74) is 6.76. The lowest BCUT2D eigenvalue weighted by atomic mass is 9.93. The molecule has 0 amide bonds. The van der Waals surface area contributed by atoms with Crippen molar-refractivity contribution in [1.82, 2.24) is 0 Å². The first-order chi connectivity index (χ1) is 17.5. The van der Waals surface area contributed by atoms with Crippen LogP contribution in [-0.4, -0.2) is 18.8 Å². The van der Waals surface area contributed by atoms with E-state index in [1.165, 1.54) is 18.4 Å². The Morgan fingerprint density at radius 2 is 1.53 bits per heavy atom. The van der Waals surface area contributed by atoms with Crippen molar-refractivity contribution in [2.24, 2.45) is 5.92 Å². The molecule has 0 unspecified atom stereocenters. The first-order valence-electron chi connectivity index (χ1n) is 12.4. The fourth-order valence-corrected chi connectivity index (χ4v) is 4.40. The quantitative estimate of drug-likeness (QED) is 0.266. The smallest absolute Gasteiger partial charge is 0.169 e. The van der Waals surface area contributed by atoms with Crippen LogP contribution in [0.25, 0.3) is 22.3 Å². The lowest BCUT2D eigenvalue weighted by Crippen LogP contribution is -2.02. The standard InChI is InChI=1S/C32H32O4/c1-21-9-13-25(14-10-21)27-17-22(2)30(31(33)32(27)36-20-24-11-12-24)26-15-16-28(29(18-26)34-3)35-19-23-7-5-4-6-8-23/h4-10,13-18,24,33H,11-12,19-20H2,1-3H3. The number of hydrogen-bond donors (Lipinski definition) is 1. The maximum absolute atomic E-state index is 11.5. The van der Waals surface area contributed by atoms with E-state index in [9.17, 15) is 5.11 Å². The van der Waals surface area contributed by atoms with Crippen LogP contribution in [0.1, 0.15) is 29.5 Å². The molecule has 36 heavy (non-hydrogen) atoms. The third-order valence-electron chi connectivity index (χ3n) is 6.66. The molecule has 0 aromatic heterocycles. The lowest BCUT2D eigenvalue weighted by molar-refractivity contribution is 0.284. The second-order valence-corrected chi connectivity index (χ2v) is 9.55. The van der Waals surface area contributed by atoms with Gasteiger partial charge in [-0.25, -0.2) is 0 Å². The fourth-order valence-electron chi connectivity index (χ4n) is 4.40. The fraction of sp³-hybridized carbons (Fsp3) is 0.250. The van der Waals surface area contributed by atoms with Crippen LogP contribution in [0.2, 0.25) is 0 Å². The topological polar surface area (TPSA) is 47.9 Å². The molecule has 4 aromatic rings. The van der Waals surface area contributed by atoms with Gasteiger partial charge in [0.1, 0.15) is 6.61 Å². The summed E-state index contributed by atoms with van der Waals surface area (Å²) in [6, 6.07) is 26.2. The highest BCUT2D eigenvalue weighted by Gasteiger charge is 2.25. The third-order valence-corrected chi connectivity index (χ3v) is 6.66. The number of hydrogen-bond acceptors (Lipinski definition) is 4. The van der Waals surface area contributed by atoms with E-state index in [1.807, 2.05) is 55.5 Å². The monoisotopic (exact) mass is 480 g/mol. The summed E-state index contributed by atoms with van der Waals surface area (Å²) in [5, 5.41) is 11.5. The second kappa shape index (κ2) is 10.4. The molecule has 4 nitrogen and oxygen atoms in total. The van der Waals surface area contributed by atoms with Gasteiger partial charge in [0.25, 0.3) is 0 Å². The number of aromatic hydroxyl groups is 1. The van der Waals surface area contributed by atoms with Gasteiger partial charge in [-0.3, -0.25) is 0 Å². The second-order valence-electron chi connectivity index (χ2n) is 9.55. The van der Waals surface area contributed by atoms with Gasteiger partial charge >= 0.3 is 0 Å². The van der Waals surface area contributed by atoms with Crippen molar-refractivity contribution < 1.29 is 19.3 Å². The van der Waals surface area contributed by atoms with E-state index < -0.39 is 0 Å². The minimum Gasteiger partial charge on any atom is -0.504 e. The Kier molecular flexibility index (Phi) is 6.86. The van der Waals surface area contributed by atoms with Gasteiger partial charge < -0.3 is 19.3 Å². The number of phenolic OH excluding ortho intramolecular Hbond substituents is 1. The molecule has 1 aliphatic rings. The average Bonchev–Trinajstić information content (AvgIpc) is 3.72. The van der Waals surface area contributed by atoms with Crippen molar-refractivity contribution in [3.05, 3.63) is 95.6 Å². The first-order valence-corrected chi connectivity index (χ1v) is 12.4. The zero-order chi connectivity index (χ0) is 25.1. The summed E-state index contributed by atoms with van der Waals surface area (Å²) >= 11 is 0. The summed E-state index contributed by atoms with van der Waals surface area (Å²) < 4.78 is 18.0. The van der Waals surface area contributed by atoms with Gasteiger partial charge in [0.05, 0.1) is 13.7 Å². The van der Waals surface area contributed by atoms with Crippen molar-refractivity contribution in [1.29, 1.82) is 0 Å². The number of phenols is 1. The van der Waals surface area contributed by atoms with Crippen LogP contribution in [0, 0.1) is 19.8 Å². The highest BCUT2D eigenvalue weighted by molar-refractivity contribution is 5.86. The van der Waals surface area contributed by atoms with Crippen molar-refractivity contribution >= 4 is 0 Å². The Morgan fingerprint density at radius 1 is 0.806 bits per heavy atom. The average molecular weight is 481 g/mol. The first kappa shape index (κ1) is 23.8. The summed E-state index contributed by atoms with van der Waals surface area (Å²) in [6.07, 6.45) is 2.36. The molecule has 0 bridgehead atoms. The van der Waals surface area contributed by atoms with Crippen LogP contribution >= 0.6 is 0 Å². The molecule has 0 aliphatic heterocycles. The molecule has 1 aliphatic carbocycles. The zero-order valence-electron chi connectivity index (χ0n) is 21.1. The molecule has 0 spiro atoms. The van der Waals surface area contributed by atoms with E-state index in [-0.39, 0.29) is 5.75 Å². The van der Waals surface area contributed by atoms with Crippen LogP contribution in [-0.2, 0) is 6.61 Å². The Labute approximate surface area is 213 Å². The molecule has 4 heteroatoms. The predicted molar refractivity (Wildman–Crippen MR) is 144 cm³/mol. The SMILES string of the molecule is COc1cc(-c2c(C)cc(-c3ccc(C)cc3)c(OCC3CC3)c2O)ccc1OCc1ccccc1. The summed E-state index contributed by atoms with van der Waals surface area (Å²) in [4.78, 5) is 0. The largest absolute Gasteiger partial charge is 0.504 e. The van der Waals surface area contributed by atoms with Gasteiger partial charge in [0, 0.05) is 11.1 Å². The highest BCUT2D eigenvalue weighted by atomic mass is 16.5. The normalized spacial score (nSPS) is 12.9. The van der Waals surface area contributed by atoms with Crippen LogP contribution < -0.4 is 14.2 Å². The number of methoxy groups -OCH3 is 1. The Balaban J connectivity index is 1.51. The molecule has 4 aromatic carbocycles. The lowest BCUT2D eigenvalue weighted by Gasteiger charge is -2.20. The highest BCUT2D eigenvalue weighted by Crippen LogP contribution is 2.48. The van der Waals surface area contributed by atoms with Gasteiger partial charge in [0.2, 0.25) is 0 Å². The third kappa shape index (κ3) is 5.18. The Morgan fingerprint density at radius 3 is 2.22 bits per heavy atom. The molecule has 5 rings (SSSR count). The number of benzene rings is 4. The van der Waals surface area contributed by atoms with E-state index >= 15 is 0 Å². The predicted octanol–water partition coefficient (Wildman–Crippen LogP) is 7.72. The Hall–Kier alpha value is -3.92. The summed E-state index contributed by atoms with van der Waals surface area (Å²) in [5.74, 6) is 2.54. The van der Waals surface area contributed by atoms with Gasteiger partial charge in [-0.05, 0) is 73.1 Å².